The van der Waals surface area contributed by atoms with Crippen LogP contribution < -0.4 is 5.32 Å². The third kappa shape index (κ3) is 3.68. The van der Waals surface area contributed by atoms with Gasteiger partial charge in [-0.2, -0.15) is 5.10 Å². The van der Waals surface area contributed by atoms with Gasteiger partial charge in [-0.3, -0.25) is 9.48 Å². The van der Waals surface area contributed by atoms with E-state index in [1.165, 1.54) is 6.08 Å². The van der Waals surface area contributed by atoms with Gasteiger partial charge in [-0.1, -0.05) is 0 Å². The summed E-state index contributed by atoms with van der Waals surface area (Å²) in [5.74, 6) is -0.213. The second-order valence-corrected chi connectivity index (χ2v) is 5.09. The molecule has 2 rings (SSSR count). The highest BCUT2D eigenvalue weighted by atomic mass is 16.5. The number of ether oxygens (including phenoxy) is 1. The molecule has 6 nitrogen and oxygen atoms in total. The Morgan fingerprint density at radius 2 is 2.40 bits per heavy atom. The highest BCUT2D eigenvalue weighted by Gasteiger charge is 2.32. The first-order chi connectivity index (χ1) is 9.60. The Labute approximate surface area is 118 Å². The number of methoxy groups -OCH3 is 1. The van der Waals surface area contributed by atoms with Crippen molar-refractivity contribution in [3.8, 4) is 0 Å². The monoisotopic (exact) mass is 279 g/mol. The van der Waals surface area contributed by atoms with Crippen molar-refractivity contribution < 1.29 is 14.6 Å². The molecule has 0 aliphatic heterocycles. The molecule has 1 saturated carbocycles. The Kier molecular flexibility index (Phi) is 4.92. The molecule has 1 fully saturated rings. The molecule has 110 valence electrons. The number of carbonyl (C=O) groups is 1. The summed E-state index contributed by atoms with van der Waals surface area (Å²) in [6.45, 7) is 0. The molecule has 20 heavy (non-hydrogen) atoms. The average molecular weight is 279 g/mol. The molecular weight excluding hydrogens is 258 g/mol. The minimum absolute atomic E-state index is 0.198. The summed E-state index contributed by atoms with van der Waals surface area (Å²) in [6, 6.07) is -0.250. The molecule has 2 N–H and O–H groups in total. The van der Waals surface area contributed by atoms with E-state index in [1.54, 1.807) is 24.1 Å². The first kappa shape index (κ1) is 14.7. The predicted molar refractivity (Wildman–Crippen MR) is 74.8 cm³/mol. The average Bonchev–Trinajstić information content (AvgIpc) is 2.85. The second kappa shape index (κ2) is 6.67. The zero-order valence-corrected chi connectivity index (χ0v) is 11.8. The summed E-state index contributed by atoms with van der Waals surface area (Å²) < 4.78 is 6.89. The molecule has 1 amide bonds. The predicted octanol–water partition coefficient (Wildman–Crippen LogP) is 0.478. The smallest absolute Gasteiger partial charge is 0.244 e. The lowest BCUT2D eigenvalue weighted by atomic mass is 9.90. The largest absolute Gasteiger partial charge is 0.388 e. The fourth-order valence-electron chi connectivity index (χ4n) is 2.48. The Hall–Kier alpha value is -1.66. The molecule has 0 radical (unpaired) electrons. The third-order valence-electron chi connectivity index (χ3n) is 3.58. The fraction of sp³-hybridized carbons (Fsp3) is 0.571. The van der Waals surface area contributed by atoms with Crippen LogP contribution in [0.5, 0.6) is 0 Å². The molecule has 1 aromatic rings. The van der Waals surface area contributed by atoms with E-state index < -0.39 is 6.10 Å². The van der Waals surface area contributed by atoms with Crippen LogP contribution in [0.25, 0.3) is 6.08 Å². The van der Waals surface area contributed by atoms with Crippen LogP contribution in [0.1, 0.15) is 24.8 Å². The molecular formula is C14H21N3O3. The van der Waals surface area contributed by atoms with Crippen LogP contribution in [0.15, 0.2) is 18.5 Å². The Morgan fingerprint density at radius 1 is 1.60 bits per heavy atom. The van der Waals surface area contributed by atoms with Gasteiger partial charge < -0.3 is 15.2 Å². The topological polar surface area (TPSA) is 76.4 Å². The lowest BCUT2D eigenvalue weighted by Crippen LogP contribution is -2.51. The zero-order chi connectivity index (χ0) is 14.5. The minimum Gasteiger partial charge on any atom is -0.388 e. The first-order valence-corrected chi connectivity index (χ1v) is 6.78. The molecule has 1 aliphatic rings. The minimum atomic E-state index is -0.649. The van der Waals surface area contributed by atoms with E-state index in [2.05, 4.69) is 10.4 Å². The maximum atomic E-state index is 11.9. The number of amides is 1. The van der Waals surface area contributed by atoms with Gasteiger partial charge in [0.15, 0.2) is 0 Å². The van der Waals surface area contributed by atoms with Crippen LogP contribution in [0.3, 0.4) is 0 Å². The number of nitrogens with one attached hydrogen (secondary N) is 1. The van der Waals surface area contributed by atoms with Crippen molar-refractivity contribution in [2.75, 3.05) is 7.11 Å². The number of rotatable bonds is 4. The van der Waals surface area contributed by atoms with Crippen molar-refractivity contribution in [2.24, 2.45) is 7.05 Å². The van der Waals surface area contributed by atoms with Crippen LogP contribution in [-0.4, -0.2) is 46.2 Å². The highest BCUT2D eigenvalue weighted by Crippen LogP contribution is 2.21. The van der Waals surface area contributed by atoms with Crippen LogP contribution in [-0.2, 0) is 16.6 Å². The molecule has 1 aromatic heterocycles. The number of hydrogen-bond donors (Lipinski definition) is 2. The summed E-state index contributed by atoms with van der Waals surface area (Å²) in [5, 5.41) is 16.9. The van der Waals surface area contributed by atoms with Crippen molar-refractivity contribution >= 4 is 12.0 Å². The molecule has 0 bridgehead atoms. The highest BCUT2D eigenvalue weighted by molar-refractivity contribution is 5.91. The van der Waals surface area contributed by atoms with Gasteiger partial charge in [0, 0.05) is 32.0 Å². The summed E-state index contributed by atoms with van der Waals surface area (Å²) in [7, 11) is 3.40. The standard InChI is InChI=1S/C14H21N3O3/c1-17-9-10(8-15-17)6-7-13(18)16-11-4-3-5-12(20-2)14(11)19/h6-9,11-12,14,19H,3-5H2,1-2H3,(H,16,18)/b7-6+/t11-,12-,14-/m1/s1. The van der Waals surface area contributed by atoms with Gasteiger partial charge in [0.05, 0.1) is 18.3 Å². The molecule has 0 aromatic carbocycles. The Balaban J connectivity index is 1.89. The van der Waals surface area contributed by atoms with E-state index in [9.17, 15) is 9.90 Å². The van der Waals surface area contributed by atoms with Crippen LogP contribution in [0.2, 0.25) is 0 Å². The lowest BCUT2D eigenvalue weighted by molar-refractivity contribution is -0.120. The van der Waals surface area contributed by atoms with E-state index >= 15 is 0 Å². The van der Waals surface area contributed by atoms with Gasteiger partial charge in [0.2, 0.25) is 5.91 Å². The first-order valence-electron chi connectivity index (χ1n) is 6.78. The van der Waals surface area contributed by atoms with E-state index in [0.29, 0.717) is 0 Å². The molecule has 6 heteroatoms. The zero-order valence-electron chi connectivity index (χ0n) is 11.8. The quantitative estimate of drug-likeness (QED) is 0.786. The van der Waals surface area contributed by atoms with Crippen LogP contribution in [0, 0.1) is 0 Å². The van der Waals surface area contributed by atoms with Crippen molar-refractivity contribution in [3.05, 3.63) is 24.0 Å². The molecule has 0 saturated heterocycles. The van der Waals surface area contributed by atoms with Crippen LogP contribution in [0.4, 0.5) is 0 Å². The summed E-state index contributed by atoms with van der Waals surface area (Å²) >= 11 is 0. The SMILES string of the molecule is CO[C@@H]1CCC[C@@H](NC(=O)/C=C/c2cnn(C)c2)[C@H]1O. The third-order valence-corrected chi connectivity index (χ3v) is 3.58. The van der Waals surface area contributed by atoms with E-state index in [1.807, 2.05) is 13.2 Å². The van der Waals surface area contributed by atoms with Crippen LogP contribution >= 0.6 is 0 Å². The van der Waals surface area contributed by atoms with Crippen molar-refractivity contribution in [1.82, 2.24) is 15.1 Å². The number of carbonyl (C=O) groups excluding carboxylic acids is 1. The van der Waals surface area contributed by atoms with Gasteiger partial charge in [-0.25, -0.2) is 0 Å². The molecule has 0 spiro atoms. The normalized spacial score (nSPS) is 26.9. The fourth-order valence-corrected chi connectivity index (χ4v) is 2.48. The number of aromatic nitrogens is 2. The molecule has 3 atom stereocenters. The number of aliphatic hydroxyl groups excluding tert-OH is 1. The van der Waals surface area contributed by atoms with E-state index in [4.69, 9.17) is 4.74 Å². The Bertz CT molecular complexity index is 484. The van der Waals surface area contributed by atoms with E-state index in [-0.39, 0.29) is 18.1 Å². The van der Waals surface area contributed by atoms with Gasteiger partial charge in [0.1, 0.15) is 6.10 Å². The van der Waals surface area contributed by atoms with Crippen molar-refractivity contribution in [3.63, 3.8) is 0 Å². The molecule has 1 heterocycles. The van der Waals surface area contributed by atoms with Crippen molar-refractivity contribution in [1.29, 1.82) is 0 Å². The van der Waals surface area contributed by atoms with Crippen molar-refractivity contribution in [2.45, 2.75) is 37.5 Å². The second-order valence-electron chi connectivity index (χ2n) is 5.09. The van der Waals surface area contributed by atoms with E-state index in [0.717, 1.165) is 24.8 Å². The molecule has 1 aliphatic carbocycles. The number of aliphatic hydroxyl groups is 1. The lowest BCUT2D eigenvalue weighted by Gasteiger charge is -2.34. The van der Waals surface area contributed by atoms with Gasteiger partial charge in [-0.15, -0.1) is 0 Å². The summed E-state index contributed by atoms with van der Waals surface area (Å²) in [4.78, 5) is 11.9. The number of nitrogens with zero attached hydrogens (tertiary/aromatic N) is 2. The van der Waals surface area contributed by atoms with Gasteiger partial charge >= 0.3 is 0 Å². The Morgan fingerprint density at radius 3 is 3.05 bits per heavy atom. The maximum Gasteiger partial charge on any atom is 0.244 e. The number of hydrogen-bond acceptors (Lipinski definition) is 4. The van der Waals surface area contributed by atoms with Gasteiger partial charge in [-0.05, 0) is 25.3 Å². The maximum absolute atomic E-state index is 11.9. The summed E-state index contributed by atoms with van der Waals surface area (Å²) in [6.07, 6.45) is 8.35. The number of aryl methyl sites for hydroxylation is 1. The molecule has 0 unspecified atom stereocenters. The van der Waals surface area contributed by atoms with Gasteiger partial charge in [0.25, 0.3) is 0 Å². The summed E-state index contributed by atoms with van der Waals surface area (Å²) in [5.41, 5.74) is 0.863.